The van der Waals surface area contributed by atoms with Crippen molar-refractivity contribution in [2.75, 3.05) is 0 Å². The molecule has 2 heteroatoms. The average molecular weight is 205 g/mol. The second kappa shape index (κ2) is 6.23. The maximum Gasteiger partial charge on any atom is 0.217 e. The van der Waals surface area contributed by atoms with E-state index in [0.29, 0.717) is 6.42 Å². The van der Waals surface area contributed by atoms with Gasteiger partial charge in [0.1, 0.15) is 0 Å². The molecule has 0 saturated heterocycles. The second-order valence-corrected chi connectivity index (χ2v) is 3.89. The van der Waals surface area contributed by atoms with Gasteiger partial charge in [0.2, 0.25) is 5.91 Å². The third-order valence-electron chi connectivity index (χ3n) is 2.45. The quantitative estimate of drug-likeness (QED) is 0.761. The normalized spacial score (nSPS) is 10.2. The van der Waals surface area contributed by atoms with Crippen LogP contribution >= 0.6 is 0 Å². The lowest BCUT2D eigenvalue weighted by Crippen LogP contribution is -2.10. The van der Waals surface area contributed by atoms with Crippen molar-refractivity contribution < 1.29 is 4.79 Å². The zero-order chi connectivity index (χ0) is 11.1. The predicted octanol–water partition coefficient (Wildman–Crippen LogP) is 2.45. The lowest BCUT2D eigenvalue weighted by Gasteiger charge is -2.02. The van der Waals surface area contributed by atoms with Crippen molar-refractivity contribution in [3.8, 4) is 0 Å². The van der Waals surface area contributed by atoms with Crippen molar-refractivity contribution in [3.05, 3.63) is 35.4 Å². The monoisotopic (exact) mass is 205 g/mol. The summed E-state index contributed by atoms with van der Waals surface area (Å²) < 4.78 is 0. The standard InChI is InChI=1S/C13H19NO/c1-2-4-11-7-9-12(10-8-11)5-3-6-13(14)15/h7-10H,2-6H2,1H3,(H2,14,15). The highest BCUT2D eigenvalue weighted by molar-refractivity contribution is 5.73. The molecule has 1 aromatic carbocycles. The first-order valence-electron chi connectivity index (χ1n) is 5.58. The first-order chi connectivity index (χ1) is 7.22. The summed E-state index contributed by atoms with van der Waals surface area (Å²) in [6, 6.07) is 8.63. The summed E-state index contributed by atoms with van der Waals surface area (Å²) in [6.45, 7) is 2.18. The average Bonchev–Trinajstić information content (AvgIpc) is 2.20. The summed E-state index contributed by atoms with van der Waals surface area (Å²) in [6.07, 6.45) is 4.59. The first-order valence-corrected chi connectivity index (χ1v) is 5.58. The fraction of sp³-hybridized carbons (Fsp3) is 0.462. The molecule has 0 saturated carbocycles. The van der Waals surface area contributed by atoms with Crippen LogP contribution in [0, 0.1) is 0 Å². The minimum absolute atomic E-state index is 0.211. The topological polar surface area (TPSA) is 43.1 Å². The molecular weight excluding hydrogens is 186 g/mol. The van der Waals surface area contributed by atoms with Crippen LogP contribution in [0.25, 0.3) is 0 Å². The minimum atomic E-state index is -0.211. The number of rotatable bonds is 6. The van der Waals surface area contributed by atoms with E-state index in [4.69, 9.17) is 5.73 Å². The maximum absolute atomic E-state index is 10.6. The Kier molecular flexibility index (Phi) is 4.88. The van der Waals surface area contributed by atoms with Gasteiger partial charge in [-0.15, -0.1) is 0 Å². The number of carbonyl (C=O) groups excluding carboxylic acids is 1. The number of benzene rings is 1. The van der Waals surface area contributed by atoms with Crippen LogP contribution < -0.4 is 5.73 Å². The summed E-state index contributed by atoms with van der Waals surface area (Å²) >= 11 is 0. The number of nitrogens with two attached hydrogens (primary N) is 1. The van der Waals surface area contributed by atoms with Gasteiger partial charge in [-0.25, -0.2) is 0 Å². The molecule has 0 bridgehead atoms. The number of hydrogen-bond acceptors (Lipinski definition) is 1. The van der Waals surface area contributed by atoms with E-state index >= 15 is 0 Å². The van der Waals surface area contributed by atoms with E-state index in [9.17, 15) is 4.79 Å². The van der Waals surface area contributed by atoms with Gasteiger partial charge in [0.05, 0.1) is 0 Å². The molecule has 0 aromatic heterocycles. The van der Waals surface area contributed by atoms with Crippen LogP contribution in [0.5, 0.6) is 0 Å². The molecule has 0 atom stereocenters. The largest absolute Gasteiger partial charge is 0.370 e. The van der Waals surface area contributed by atoms with Gasteiger partial charge in [0, 0.05) is 6.42 Å². The van der Waals surface area contributed by atoms with E-state index in [1.165, 1.54) is 17.5 Å². The van der Waals surface area contributed by atoms with Crippen molar-refractivity contribution >= 4 is 5.91 Å². The maximum atomic E-state index is 10.6. The molecule has 0 aliphatic heterocycles. The molecule has 0 fully saturated rings. The van der Waals surface area contributed by atoms with Crippen LogP contribution in [-0.4, -0.2) is 5.91 Å². The fourth-order valence-electron chi connectivity index (χ4n) is 1.63. The number of carbonyl (C=O) groups is 1. The molecule has 0 radical (unpaired) electrons. The van der Waals surface area contributed by atoms with Gasteiger partial charge >= 0.3 is 0 Å². The lowest BCUT2D eigenvalue weighted by molar-refractivity contribution is -0.118. The van der Waals surface area contributed by atoms with Gasteiger partial charge in [-0.05, 0) is 30.4 Å². The Morgan fingerprint density at radius 2 is 1.67 bits per heavy atom. The zero-order valence-corrected chi connectivity index (χ0v) is 9.33. The Morgan fingerprint density at radius 1 is 1.13 bits per heavy atom. The lowest BCUT2D eigenvalue weighted by atomic mass is 10.0. The number of primary amides is 1. The molecule has 0 spiro atoms. The van der Waals surface area contributed by atoms with Gasteiger partial charge in [0.15, 0.2) is 0 Å². The van der Waals surface area contributed by atoms with Crippen LogP contribution in [-0.2, 0) is 17.6 Å². The molecule has 1 amide bonds. The number of aryl methyl sites for hydroxylation is 2. The van der Waals surface area contributed by atoms with E-state index in [2.05, 4.69) is 31.2 Å². The van der Waals surface area contributed by atoms with Gasteiger partial charge in [0.25, 0.3) is 0 Å². The van der Waals surface area contributed by atoms with Crippen molar-refractivity contribution in [2.45, 2.75) is 39.0 Å². The number of hydrogen-bond donors (Lipinski definition) is 1. The summed E-state index contributed by atoms with van der Waals surface area (Å²) in [5.41, 5.74) is 7.75. The SMILES string of the molecule is CCCc1ccc(CCCC(N)=O)cc1. The van der Waals surface area contributed by atoms with Crippen LogP contribution in [0.15, 0.2) is 24.3 Å². The highest BCUT2D eigenvalue weighted by atomic mass is 16.1. The zero-order valence-electron chi connectivity index (χ0n) is 9.33. The molecule has 2 nitrogen and oxygen atoms in total. The summed E-state index contributed by atoms with van der Waals surface area (Å²) in [5, 5.41) is 0. The molecule has 15 heavy (non-hydrogen) atoms. The van der Waals surface area contributed by atoms with E-state index in [1.54, 1.807) is 0 Å². The molecule has 0 unspecified atom stereocenters. The van der Waals surface area contributed by atoms with Crippen molar-refractivity contribution in [1.29, 1.82) is 0 Å². The van der Waals surface area contributed by atoms with E-state index in [0.717, 1.165) is 19.3 Å². The van der Waals surface area contributed by atoms with Gasteiger partial charge in [-0.1, -0.05) is 37.6 Å². The van der Waals surface area contributed by atoms with Gasteiger partial charge in [-0.2, -0.15) is 0 Å². The highest BCUT2D eigenvalue weighted by Crippen LogP contribution is 2.09. The van der Waals surface area contributed by atoms with Gasteiger partial charge in [-0.3, -0.25) is 4.79 Å². The Morgan fingerprint density at radius 3 is 2.13 bits per heavy atom. The Balaban J connectivity index is 2.39. The van der Waals surface area contributed by atoms with Crippen LogP contribution in [0.1, 0.15) is 37.3 Å². The third kappa shape index (κ3) is 4.63. The minimum Gasteiger partial charge on any atom is -0.370 e. The predicted molar refractivity (Wildman–Crippen MR) is 62.6 cm³/mol. The van der Waals surface area contributed by atoms with Crippen LogP contribution in [0.4, 0.5) is 0 Å². The molecule has 2 N–H and O–H groups in total. The Labute approximate surface area is 91.5 Å². The van der Waals surface area contributed by atoms with E-state index in [-0.39, 0.29) is 5.91 Å². The highest BCUT2D eigenvalue weighted by Gasteiger charge is 1.97. The van der Waals surface area contributed by atoms with Crippen molar-refractivity contribution in [2.24, 2.45) is 5.73 Å². The van der Waals surface area contributed by atoms with Crippen molar-refractivity contribution in [1.82, 2.24) is 0 Å². The van der Waals surface area contributed by atoms with Crippen LogP contribution in [0.3, 0.4) is 0 Å². The molecule has 0 aliphatic carbocycles. The number of amides is 1. The molecule has 0 heterocycles. The smallest absolute Gasteiger partial charge is 0.217 e. The Hall–Kier alpha value is -1.31. The first kappa shape index (κ1) is 11.8. The van der Waals surface area contributed by atoms with Crippen LogP contribution in [0.2, 0.25) is 0 Å². The Bertz CT molecular complexity index is 303. The molecular formula is C13H19NO. The summed E-state index contributed by atoms with van der Waals surface area (Å²) in [4.78, 5) is 10.6. The summed E-state index contributed by atoms with van der Waals surface area (Å²) in [7, 11) is 0. The fourth-order valence-corrected chi connectivity index (χ4v) is 1.63. The van der Waals surface area contributed by atoms with E-state index in [1.807, 2.05) is 0 Å². The molecule has 0 aliphatic rings. The van der Waals surface area contributed by atoms with Crippen molar-refractivity contribution in [3.63, 3.8) is 0 Å². The van der Waals surface area contributed by atoms with Gasteiger partial charge < -0.3 is 5.73 Å². The molecule has 1 aromatic rings. The second-order valence-electron chi connectivity index (χ2n) is 3.89. The van der Waals surface area contributed by atoms with E-state index < -0.39 is 0 Å². The summed E-state index contributed by atoms with van der Waals surface area (Å²) in [5.74, 6) is -0.211. The third-order valence-corrected chi connectivity index (χ3v) is 2.45. The molecule has 82 valence electrons. The molecule has 1 rings (SSSR count).